The summed E-state index contributed by atoms with van der Waals surface area (Å²) >= 11 is 3.52. The first-order chi connectivity index (χ1) is 9.93. The molecule has 6 heteroatoms. The molecule has 1 N–H and O–H groups in total. The Morgan fingerprint density at radius 3 is 2.62 bits per heavy atom. The molecule has 0 spiro atoms. The summed E-state index contributed by atoms with van der Waals surface area (Å²) in [6.07, 6.45) is 1.10. The number of benzene rings is 1. The third kappa shape index (κ3) is 4.44. The fourth-order valence-electron chi connectivity index (χ4n) is 2.58. The lowest BCUT2D eigenvalue weighted by Crippen LogP contribution is -2.41. The average molecular weight is 375 g/mol. The number of rotatable bonds is 5. The van der Waals surface area contributed by atoms with Crippen molar-refractivity contribution in [2.75, 3.05) is 36.0 Å². The van der Waals surface area contributed by atoms with Crippen LogP contribution in [-0.4, -0.2) is 39.6 Å². The molecule has 1 saturated heterocycles. The largest absolute Gasteiger partial charge is 0.369 e. The number of anilines is 1. The molecule has 1 fully saturated rings. The van der Waals surface area contributed by atoms with Gasteiger partial charge >= 0.3 is 0 Å². The van der Waals surface area contributed by atoms with Gasteiger partial charge in [-0.2, -0.15) is 0 Å². The van der Waals surface area contributed by atoms with Crippen LogP contribution < -0.4 is 10.2 Å². The van der Waals surface area contributed by atoms with E-state index in [1.165, 1.54) is 5.56 Å². The molecule has 118 valence electrons. The van der Waals surface area contributed by atoms with Gasteiger partial charge in [0, 0.05) is 29.3 Å². The van der Waals surface area contributed by atoms with Crippen molar-refractivity contribution in [1.82, 2.24) is 5.32 Å². The van der Waals surface area contributed by atoms with Crippen molar-refractivity contribution in [1.29, 1.82) is 0 Å². The normalized spacial score (nSPS) is 19.5. The highest BCUT2D eigenvalue weighted by Gasteiger charge is 2.24. The van der Waals surface area contributed by atoms with Crippen LogP contribution in [0.3, 0.4) is 0 Å². The van der Waals surface area contributed by atoms with Crippen molar-refractivity contribution in [3.8, 4) is 0 Å². The molecule has 1 aliphatic heterocycles. The van der Waals surface area contributed by atoms with Crippen LogP contribution in [0.25, 0.3) is 0 Å². The Hall–Kier alpha value is -0.590. The number of hydrogen-bond donors (Lipinski definition) is 1. The Balaban J connectivity index is 2.23. The van der Waals surface area contributed by atoms with Crippen LogP contribution in [0, 0.1) is 0 Å². The molecule has 0 bridgehead atoms. The summed E-state index contributed by atoms with van der Waals surface area (Å²) in [4.78, 5) is 2.19. The molecule has 4 nitrogen and oxygen atoms in total. The van der Waals surface area contributed by atoms with Gasteiger partial charge in [0.05, 0.1) is 11.5 Å². The molecule has 0 radical (unpaired) electrons. The van der Waals surface area contributed by atoms with Gasteiger partial charge in [0.25, 0.3) is 0 Å². The predicted molar refractivity (Wildman–Crippen MR) is 91.7 cm³/mol. The summed E-state index contributed by atoms with van der Waals surface area (Å²) < 4.78 is 24.2. The minimum absolute atomic E-state index is 0.246. The molecule has 21 heavy (non-hydrogen) atoms. The molecule has 1 aromatic carbocycles. The maximum Gasteiger partial charge on any atom is 0.153 e. The maximum absolute atomic E-state index is 11.6. The van der Waals surface area contributed by atoms with E-state index in [4.69, 9.17) is 0 Å². The number of nitrogens with zero attached hydrogens (tertiary/aromatic N) is 1. The molecule has 2 rings (SSSR count). The van der Waals surface area contributed by atoms with Crippen LogP contribution >= 0.6 is 15.9 Å². The lowest BCUT2D eigenvalue weighted by molar-refractivity contribution is 0.567. The van der Waals surface area contributed by atoms with Crippen LogP contribution in [0.2, 0.25) is 0 Å². The van der Waals surface area contributed by atoms with E-state index in [1.54, 1.807) is 0 Å². The van der Waals surface area contributed by atoms with E-state index >= 15 is 0 Å². The molecule has 0 aliphatic carbocycles. The molecule has 0 amide bonds. The monoisotopic (exact) mass is 374 g/mol. The van der Waals surface area contributed by atoms with E-state index in [2.05, 4.69) is 52.1 Å². The van der Waals surface area contributed by atoms with Gasteiger partial charge in [-0.05, 0) is 37.6 Å². The third-order valence-corrected chi connectivity index (χ3v) is 5.95. The summed E-state index contributed by atoms with van der Waals surface area (Å²) in [6, 6.07) is 6.52. The first-order valence-corrected chi connectivity index (χ1v) is 10.0. The van der Waals surface area contributed by atoms with Crippen LogP contribution in [0.4, 0.5) is 5.69 Å². The van der Waals surface area contributed by atoms with Crippen molar-refractivity contribution < 1.29 is 8.42 Å². The quantitative estimate of drug-likeness (QED) is 0.860. The minimum atomic E-state index is -2.85. The second-order valence-corrected chi connectivity index (χ2v) is 8.74. The van der Waals surface area contributed by atoms with Crippen molar-refractivity contribution in [2.45, 2.75) is 26.3 Å². The summed E-state index contributed by atoms with van der Waals surface area (Å²) in [5.41, 5.74) is 2.36. The van der Waals surface area contributed by atoms with Crippen LogP contribution in [0.1, 0.15) is 31.9 Å². The zero-order chi connectivity index (χ0) is 15.5. The van der Waals surface area contributed by atoms with Crippen LogP contribution in [0.5, 0.6) is 0 Å². The highest BCUT2D eigenvalue weighted by atomic mass is 79.9. The summed E-state index contributed by atoms with van der Waals surface area (Å²) in [5.74, 6) is 0.492. The van der Waals surface area contributed by atoms with E-state index in [1.807, 2.05) is 6.07 Å². The molecular formula is C15H23BrN2O2S. The smallest absolute Gasteiger partial charge is 0.153 e. The van der Waals surface area contributed by atoms with Gasteiger partial charge in [0.15, 0.2) is 9.84 Å². The maximum atomic E-state index is 11.6. The lowest BCUT2D eigenvalue weighted by atomic mass is 10.0. The van der Waals surface area contributed by atoms with E-state index in [0.29, 0.717) is 13.1 Å². The Morgan fingerprint density at radius 2 is 2.00 bits per heavy atom. The predicted octanol–water partition coefficient (Wildman–Crippen LogP) is 2.74. The number of halogens is 1. The van der Waals surface area contributed by atoms with Crippen LogP contribution in [-0.2, 0) is 9.84 Å². The molecule has 0 aromatic heterocycles. The molecule has 1 atom stereocenters. The fraction of sp³-hybridized carbons (Fsp3) is 0.600. The first kappa shape index (κ1) is 16.8. The summed E-state index contributed by atoms with van der Waals surface area (Å²) in [5, 5.41) is 3.50. The third-order valence-electron chi connectivity index (χ3n) is 3.84. The van der Waals surface area contributed by atoms with Crippen molar-refractivity contribution in [3.05, 3.63) is 28.2 Å². The molecule has 1 unspecified atom stereocenters. The second kappa shape index (κ2) is 7.11. The summed E-state index contributed by atoms with van der Waals surface area (Å²) in [7, 11) is -2.85. The van der Waals surface area contributed by atoms with E-state index in [9.17, 15) is 8.42 Å². The highest BCUT2D eigenvalue weighted by molar-refractivity contribution is 9.10. The number of hydrogen-bond acceptors (Lipinski definition) is 4. The Morgan fingerprint density at radius 1 is 1.33 bits per heavy atom. The zero-order valence-corrected chi connectivity index (χ0v) is 15.0. The SMILES string of the molecule is CCCNC(C)c1ccc(Br)cc1N1CCS(=O)(=O)CC1. The standard InChI is InChI=1S/C15H23BrN2O2S/c1-3-6-17-12(2)14-5-4-13(16)11-15(14)18-7-9-21(19,20)10-8-18/h4-5,11-12,17H,3,6-10H2,1-2H3. The van der Waals surface area contributed by atoms with Gasteiger partial charge in [-0.15, -0.1) is 0 Å². The molecule has 1 aromatic rings. The minimum Gasteiger partial charge on any atom is -0.369 e. The summed E-state index contributed by atoms with van der Waals surface area (Å²) in [6.45, 7) is 6.43. The van der Waals surface area contributed by atoms with E-state index < -0.39 is 9.84 Å². The van der Waals surface area contributed by atoms with E-state index in [0.717, 1.165) is 23.1 Å². The molecule has 1 aliphatic rings. The Kier molecular flexibility index (Phi) is 5.68. The van der Waals surface area contributed by atoms with Gasteiger partial charge in [-0.1, -0.05) is 28.9 Å². The Bertz CT molecular complexity index is 575. The molecular weight excluding hydrogens is 352 g/mol. The zero-order valence-electron chi connectivity index (χ0n) is 12.6. The topological polar surface area (TPSA) is 49.4 Å². The lowest BCUT2D eigenvalue weighted by Gasteiger charge is -2.32. The Labute approximate surface area is 136 Å². The van der Waals surface area contributed by atoms with E-state index in [-0.39, 0.29) is 17.5 Å². The number of nitrogens with one attached hydrogen (secondary N) is 1. The fourth-order valence-corrected chi connectivity index (χ4v) is 4.13. The van der Waals surface area contributed by atoms with Crippen molar-refractivity contribution in [3.63, 3.8) is 0 Å². The van der Waals surface area contributed by atoms with Gasteiger partial charge in [-0.25, -0.2) is 8.42 Å². The van der Waals surface area contributed by atoms with Crippen molar-refractivity contribution in [2.24, 2.45) is 0 Å². The average Bonchev–Trinajstić information content (AvgIpc) is 2.44. The second-order valence-electron chi connectivity index (χ2n) is 5.52. The highest BCUT2D eigenvalue weighted by Crippen LogP contribution is 2.30. The van der Waals surface area contributed by atoms with Gasteiger partial charge in [0.2, 0.25) is 0 Å². The van der Waals surface area contributed by atoms with Gasteiger partial charge < -0.3 is 10.2 Å². The van der Waals surface area contributed by atoms with Crippen LogP contribution in [0.15, 0.2) is 22.7 Å². The van der Waals surface area contributed by atoms with Gasteiger partial charge in [-0.3, -0.25) is 0 Å². The first-order valence-electron chi connectivity index (χ1n) is 7.41. The van der Waals surface area contributed by atoms with Gasteiger partial charge in [0.1, 0.15) is 0 Å². The molecule has 0 saturated carbocycles. The number of sulfone groups is 1. The molecule has 1 heterocycles. The van der Waals surface area contributed by atoms with Crippen molar-refractivity contribution >= 4 is 31.5 Å².